The first-order chi connectivity index (χ1) is 6.97. The summed E-state index contributed by atoms with van der Waals surface area (Å²) in [6.45, 7) is 8.98. The van der Waals surface area contributed by atoms with Crippen molar-refractivity contribution < 1.29 is 4.79 Å². The van der Waals surface area contributed by atoms with Crippen molar-refractivity contribution in [2.45, 2.75) is 47.0 Å². The molecule has 0 amide bonds. The van der Waals surface area contributed by atoms with E-state index in [-0.39, 0.29) is 5.92 Å². The Morgan fingerprint density at radius 1 is 1.40 bits per heavy atom. The van der Waals surface area contributed by atoms with Crippen LogP contribution in [-0.4, -0.2) is 6.29 Å². The van der Waals surface area contributed by atoms with Gasteiger partial charge in [-0.3, -0.25) is 0 Å². The van der Waals surface area contributed by atoms with Gasteiger partial charge < -0.3 is 4.79 Å². The van der Waals surface area contributed by atoms with Gasteiger partial charge in [0.2, 0.25) is 0 Å². The highest BCUT2D eigenvalue weighted by Gasteiger charge is 2.34. The topological polar surface area (TPSA) is 17.1 Å². The van der Waals surface area contributed by atoms with Crippen LogP contribution in [0.1, 0.15) is 47.0 Å². The molecule has 0 heterocycles. The molecule has 86 valence electrons. The molecule has 1 rings (SSSR count). The van der Waals surface area contributed by atoms with Crippen molar-refractivity contribution >= 4 is 6.29 Å². The summed E-state index contributed by atoms with van der Waals surface area (Å²) in [4.78, 5) is 10.6. The largest absolute Gasteiger partial charge is 0.303 e. The van der Waals surface area contributed by atoms with Gasteiger partial charge in [-0.1, -0.05) is 52.7 Å². The van der Waals surface area contributed by atoms with E-state index in [0.29, 0.717) is 11.3 Å². The Bertz CT molecular complexity index is 240. The summed E-state index contributed by atoms with van der Waals surface area (Å²) in [5.74, 6) is 1.45. The fourth-order valence-corrected chi connectivity index (χ4v) is 2.79. The van der Waals surface area contributed by atoms with Crippen LogP contribution in [0.15, 0.2) is 12.2 Å². The van der Waals surface area contributed by atoms with Gasteiger partial charge in [-0.15, -0.1) is 0 Å². The van der Waals surface area contributed by atoms with E-state index >= 15 is 0 Å². The Morgan fingerprint density at radius 3 is 2.60 bits per heavy atom. The molecule has 15 heavy (non-hydrogen) atoms. The average Bonchev–Trinajstić information content (AvgIpc) is 2.15. The van der Waals surface area contributed by atoms with Gasteiger partial charge in [0.15, 0.2) is 0 Å². The number of aldehydes is 1. The van der Waals surface area contributed by atoms with E-state index in [9.17, 15) is 4.79 Å². The Morgan fingerprint density at radius 2 is 2.07 bits per heavy atom. The molecule has 1 aliphatic rings. The van der Waals surface area contributed by atoms with Gasteiger partial charge in [-0.2, -0.15) is 0 Å². The molecule has 0 aromatic rings. The molecule has 0 spiro atoms. The standard InChI is InChI=1S/C14H24O/c1-11(10-15)7-8-13-12(2)6-5-9-14(13,3)4/h7-8,10-13H,5-6,9H2,1-4H3/b8-7+. The van der Waals surface area contributed by atoms with E-state index in [2.05, 4.69) is 32.9 Å². The third-order valence-electron chi connectivity index (χ3n) is 3.83. The summed E-state index contributed by atoms with van der Waals surface area (Å²) in [5, 5.41) is 0. The molecule has 0 N–H and O–H groups in total. The number of carbonyl (C=O) groups is 1. The molecule has 1 fully saturated rings. The molecular weight excluding hydrogens is 184 g/mol. The molecule has 0 aromatic heterocycles. The molecule has 0 aromatic carbocycles. The molecule has 0 radical (unpaired) electrons. The molecule has 0 aliphatic heterocycles. The van der Waals surface area contributed by atoms with Crippen LogP contribution in [0, 0.1) is 23.2 Å². The number of rotatable bonds is 3. The van der Waals surface area contributed by atoms with Crippen molar-refractivity contribution in [3.63, 3.8) is 0 Å². The van der Waals surface area contributed by atoms with Gasteiger partial charge >= 0.3 is 0 Å². The quantitative estimate of drug-likeness (QED) is 0.509. The average molecular weight is 208 g/mol. The fourth-order valence-electron chi connectivity index (χ4n) is 2.79. The first kappa shape index (κ1) is 12.5. The zero-order valence-electron chi connectivity index (χ0n) is 10.5. The lowest BCUT2D eigenvalue weighted by Crippen LogP contribution is -2.32. The lowest BCUT2D eigenvalue weighted by molar-refractivity contribution is -0.109. The summed E-state index contributed by atoms with van der Waals surface area (Å²) in [6.07, 6.45) is 9.35. The second-order valence-electron chi connectivity index (χ2n) is 5.76. The number of allylic oxidation sites excluding steroid dienone is 2. The van der Waals surface area contributed by atoms with Crippen LogP contribution in [0.25, 0.3) is 0 Å². The molecule has 1 nitrogen and oxygen atoms in total. The van der Waals surface area contributed by atoms with Crippen LogP contribution >= 0.6 is 0 Å². The van der Waals surface area contributed by atoms with Crippen molar-refractivity contribution in [2.75, 3.05) is 0 Å². The van der Waals surface area contributed by atoms with Crippen LogP contribution in [0.3, 0.4) is 0 Å². The summed E-state index contributed by atoms with van der Waals surface area (Å²) in [6, 6.07) is 0. The first-order valence-electron chi connectivity index (χ1n) is 6.11. The summed E-state index contributed by atoms with van der Waals surface area (Å²) < 4.78 is 0. The molecule has 3 unspecified atom stereocenters. The van der Waals surface area contributed by atoms with Gasteiger partial charge in [0, 0.05) is 5.92 Å². The first-order valence-corrected chi connectivity index (χ1v) is 6.11. The van der Waals surface area contributed by atoms with Crippen molar-refractivity contribution in [1.82, 2.24) is 0 Å². The minimum Gasteiger partial charge on any atom is -0.303 e. The maximum atomic E-state index is 10.6. The van der Waals surface area contributed by atoms with Crippen LogP contribution < -0.4 is 0 Å². The third-order valence-corrected chi connectivity index (χ3v) is 3.83. The highest BCUT2D eigenvalue weighted by atomic mass is 16.1. The molecule has 1 saturated carbocycles. The maximum Gasteiger partial charge on any atom is 0.126 e. The lowest BCUT2D eigenvalue weighted by Gasteiger charge is -2.41. The highest BCUT2D eigenvalue weighted by molar-refractivity contribution is 5.55. The van der Waals surface area contributed by atoms with Crippen molar-refractivity contribution in [3.8, 4) is 0 Å². The van der Waals surface area contributed by atoms with E-state index in [0.717, 1.165) is 12.2 Å². The molecule has 1 heteroatoms. The van der Waals surface area contributed by atoms with Crippen LogP contribution in [0.4, 0.5) is 0 Å². The van der Waals surface area contributed by atoms with Crippen molar-refractivity contribution in [3.05, 3.63) is 12.2 Å². The van der Waals surface area contributed by atoms with E-state index in [4.69, 9.17) is 0 Å². The zero-order valence-corrected chi connectivity index (χ0v) is 10.5. The van der Waals surface area contributed by atoms with Crippen LogP contribution in [-0.2, 0) is 4.79 Å². The predicted molar refractivity (Wildman–Crippen MR) is 64.7 cm³/mol. The fraction of sp³-hybridized carbons (Fsp3) is 0.786. The van der Waals surface area contributed by atoms with Gasteiger partial charge in [-0.25, -0.2) is 0 Å². The molecule has 0 saturated heterocycles. The second-order valence-corrected chi connectivity index (χ2v) is 5.76. The highest BCUT2D eigenvalue weighted by Crippen LogP contribution is 2.44. The van der Waals surface area contributed by atoms with E-state index in [1.807, 2.05) is 6.92 Å². The monoisotopic (exact) mass is 208 g/mol. The number of carbonyl (C=O) groups excluding carboxylic acids is 1. The van der Waals surface area contributed by atoms with Crippen molar-refractivity contribution in [1.29, 1.82) is 0 Å². The number of hydrogen-bond donors (Lipinski definition) is 0. The third kappa shape index (κ3) is 3.19. The Kier molecular flexibility index (Phi) is 4.12. The zero-order chi connectivity index (χ0) is 11.5. The van der Waals surface area contributed by atoms with Gasteiger partial charge in [0.1, 0.15) is 6.29 Å². The minimum absolute atomic E-state index is 0.0647. The smallest absolute Gasteiger partial charge is 0.126 e. The Balaban J connectivity index is 2.71. The Labute approximate surface area is 93.9 Å². The molecule has 1 aliphatic carbocycles. The van der Waals surface area contributed by atoms with Crippen LogP contribution in [0.2, 0.25) is 0 Å². The second kappa shape index (κ2) is 4.96. The summed E-state index contributed by atoms with van der Waals surface area (Å²) in [7, 11) is 0. The van der Waals surface area contributed by atoms with Gasteiger partial charge in [-0.05, 0) is 23.7 Å². The normalized spacial score (nSPS) is 32.8. The minimum atomic E-state index is 0.0647. The van der Waals surface area contributed by atoms with Gasteiger partial charge in [0.05, 0.1) is 0 Å². The van der Waals surface area contributed by atoms with E-state index in [1.54, 1.807) is 0 Å². The summed E-state index contributed by atoms with van der Waals surface area (Å²) >= 11 is 0. The number of hydrogen-bond acceptors (Lipinski definition) is 1. The SMILES string of the molecule is CC(C=O)/C=C/C1C(C)CCCC1(C)C. The molecule has 3 atom stereocenters. The van der Waals surface area contributed by atoms with Gasteiger partial charge in [0.25, 0.3) is 0 Å². The maximum absolute atomic E-state index is 10.6. The van der Waals surface area contributed by atoms with Crippen LogP contribution in [0.5, 0.6) is 0 Å². The van der Waals surface area contributed by atoms with Crippen molar-refractivity contribution in [2.24, 2.45) is 23.2 Å². The lowest BCUT2D eigenvalue weighted by atomic mass is 9.64. The molecule has 0 bridgehead atoms. The van der Waals surface area contributed by atoms with E-state index < -0.39 is 0 Å². The molecular formula is C14H24O. The van der Waals surface area contributed by atoms with E-state index in [1.165, 1.54) is 19.3 Å². The Hall–Kier alpha value is -0.590. The predicted octanol–water partition coefficient (Wildman–Crippen LogP) is 3.84. The summed E-state index contributed by atoms with van der Waals surface area (Å²) in [5.41, 5.74) is 0.400.